The largest absolute Gasteiger partial charge is 0.465 e. The lowest BCUT2D eigenvalue weighted by molar-refractivity contribution is 0.475. The van der Waals surface area contributed by atoms with Gasteiger partial charge in [0.2, 0.25) is 10.0 Å². The van der Waals surface area contributed by atoms with Crippen LogP contribution in [0.15, 0.2) is 9.31 Å². The molecule has 1 rings (SSSR count). The zero-order valence-electron chi connectivity index (χ0n) is 11.2. The van der Waals surface area contributed by atoms with E-state index in [1.165, 1.54) is 4.31 Å². The molecule has 18 heavy (non-hydrogen) atoms. The Morgan fingerprint density at radius 2 is 1.94 bits per heavy atom. The zero-order valence-corrected chi connectivity index (χ0v) is 12.8. The summed E-state index contributed by atoms with van der Waals surface area (Å²) in [4.78, 5) is 0.228. The van der Waals surface area contributed by atoms with Gasteiger partial charge in [-0.2, -0.15) is 16.1 Å². The number of sulfonamides is 1. The second-order valence-corrected chi connectivity index (χ2v) is 7.01. The molecule has 1 heterocycles. The van der Waals surface area contributed by atoms with E-state index in [4.69, 9.17) is 10.2 Å². The van der Waals surface area contributed by atoms with E-state index in [2.05, 4.69) is 0 Å². The van der Waals surface area contributed by atoms with E-state index < -0.39 is 10.0 Å². The molecule has 0 radical (unpaired) electrons. The standard InChI is InChI=1S/C11H20N2O3S2/c1-8-10(7-12)11(9(2)16-8)18(14,15)13(3)5-6-17-4/h5-7,12H2,1-4H3. The van der Waals surface area contributed by atoms with Crippen molar-refractivity contribution in [3.63, 3.8) is 0 Å². The van der Waals surface area contributed by atoms with Crippen molar-refractivity contribution in [1.82, 2.24) is 4.31 Å². The lowest BCUT2D eigenvalue weighted by atomic mass is 10.2. The Balaban J connectivity index is 3.20. The first-order valence-electron chi connectivity index (χ1n) is 5.60. The fourth-order valence-corrected chi connectivity index (χ4v) is 3.94. The molecule has 0 amide bonds. The van der Waals surface area contributed by atoms with Crippen LogP contribution in [-0.4, -0.2) is 38.3 Å². The molecule has 2 N–H and O–H groups in total. The molecule has 104 valence electrons. The quantitative estimate of drug-likeness (QED) is 0.856. The van der Waals surface area contributed by atoms with Gasteiger partial charge in [0.15, 0.2) is 0 Å². The molecule has 0 aliphatic carbocycles. The van der Waals surface area contributed by atoms with Crippen molar-refractivity contribution in [2.24, 2.45) is 5.73 Å². The number of aryl methyl sites for hydroxylation is 2. The molecule has 0 saturated carbocycles. The van der Waals surface area contributed by atoms with Gasteiger partial charge >= 0.3 is 0 Å². The van der Waals surface area contributed by atoms with E-state index in [1.807, 2.05) is 6.26 Å². The molecule has 0 bridgehead atoms. The van der Waals surface area contributed by atoms with Gasteiger partial charge in [0.25, 0.3) is 0 Å². The fraction of sp³-hybridized carbons (Fsp3) is 0.636. The molecule has 0 aliphatic rings. The first-order chi connectivity index (χ1) is 8.36. The van der Waals surface area contributed by atoms with Crippen LogP contribution < -0.4 is 5.73 Å². The number of nitrogens with zero attached hydrogens (tertiary/aromatic N) is 1. The summed E-state index contributed by atoms with van der Waals surface area (Å²) in [5, 5.41) is 0. The first kappa shape index (κ1) is 15.6. The number of hydrogen-bond acceptors (Lipinski definition) is 5. The molecule has 0 spiro atoms. The molecule has 0 unspecified atom stereocenters. The summed E-state index contributed by atoms with van der Waals surface area (Å²) >= 11 is 1.61. The van der Waals surface area contributed by atoms with E-state index >= 15 is 0 Å². The lowest BCUT2D eigenvalue weighted by Crippen LogP contribution is -2.30. The van der Waals surface area contributed by atoms with E-state index in [9.17, 15) is 8.42 Å². The van der Waals surface area contributed by atoms with Crippen LogP contribution in [0.1, 0.15) is 17.1 Å². The fourth-order valence-electron chi connectivity index (χ4n) is 1.78. The molecule has 0 aromatic carbocycles. The highest BCUT2D eigenvalue weighted by Gasteiger charge is 2.29. The number of furan rings is 1. The Labute approximate surface area is 113 Å². The average molecular weight is 292 g/mol. The summed E-state index contributed by atoms with van der Waals surface area (Å²) in [5.74, 6) is 1.74. The predicted octanol–water partition coefficient (Wildman–Crippen LogP) is 1.34. The summed E-state index contributed by atoms with van der Waals surface area (Å²) in [6.45, 7) is 4.02. The van der Waals surface area contributed by atoms with Crippen molar-refractivity contribution >= 4 is 21.8 Å². The molecule has 1 aromatic rings. The minimum absolute atomic E-state index is 0.161. The minimum atomic E-state index is -3.52. The molecule has 5 nitrogen and oxygen atoms in total. The van der Waals surface area contributed by atoms with Crippen molar-refractivity contribution in [2.45, 2.75) is 25.3 Å². The average Bonchev–Trinajstić information content (AvgIpc) is 2.60. The van der Waals surface area contributed by atoms with E-state index in [0.29, 0.717) is 23.6 Å². The number of nitrogens with two attached hydrogens (primary N) is 1. The van der Waals surface area contributed by atoms with Crippen LogP contribution in [0, 0.1) is 13.8 Å². The Hall–Kier alpha value is -0.500. The van der Waals surface area contributed by atoms with Crippen LogP contribution in [-0.2, 0) is 16.6 Å². The molecular weight excluding hydrogens is 272 g/mol. The number of thioether (sulfide) groups is 1. The second kappa shape index (κ2) is 6.10. The topological polar surface area (TPSA) is 76.5 Å². The molecular formula is C11H20N2O3S2. The van der Waals surface area contributed by atoms with E-state index in [-0.39, 0.29) is 11.4 Å². The van der Waals surface area contributed by atoms with Crippen LogP contribution in [0.2, 0.25) is 0 Å². The van der Waals surface area contributed by atoms with Gasteiger partial charge in [0.1, 0.15) is 16.4 Å². The van der Waals surface area contributed by atoms with Gasteiger partial charge in [-0.1, -0.05) is 0 Å². The SMILES string of the molecule is CSCCN(C)S(=O)(=O)c1c(C)oc(C)c1CN. The third-order valence-electron chi connectivity index (χ3n) is 2.81. The summed E-state index contributed by atoms with van der Waals surface area (Å²) in [6, 6.07) is 0. The van der Waals surface area contributed by atoms with Crippen LogP contribution in [0.5, 0.6) is 0 Å². The van der Waals surface area contributed by atoms with Crippen molar-refractivity contribution < 1.29 is 12.8 Å². The maximum Gasteiger partial charge on any atom is 0.246 e. The van der Waals surface area contributed by atoms with Crippen LogP contribution in [0.25, 0.3) is 0 Å². The monoisotopic (exact) mass is 292 g/mol. The Bertz CT molecular complexity index is 509. The lowest BCUT2D eigenvalue weighted by Gasteiger charge is -2.17. The molecule has 0 saturated heterocycles. The first-order valence-corrected chi connectivity index (χ1v) is 8.43. The van der Waals surface area contributed by atoms with Gasteiger partial charge in [0.05, 0.1) is 0 Å². The minimum Gasteiger partial charge on any atom is -0.465 e. The summed E-state index contributed by atoms with van der Waals surface area (Å²) in [7, 11) is -1.94. The van der Waals surface area contributed by atoms with Gasteiger partial charge in [-0.3, -0.25) is 0 Å². The third kappa shape index (κ3) is 2.90. The normalized spacial score (nSPS) is 12.3. The molecule has 0 aliphatic heterocycles. The van der Waals surface area contributed by atoms with Crippen molar-refractivity contribution in [3.05, 3.63) is 17.1 Å². The van der Waals surface area contributed by atoms with Gasteiger partial charge in [0, 0.05) is 31.5 Å². The summed E-state index contributed by atoms with van der Waals surface area (Å²) < 4.78 is 31.6. The van der Waals surface area contributed by atoms with Gasteiger partial charge < -0.3 is 10.2 Å². The molecule has 1 aromatic heterocycles. The van der Waals surface area contributed by atoms with Crippen molar-refractivity contribution in [2.75, 3.05) is 25.6 Å². The summed E-state index contributed by atoms with van der Waals surface area (Å²) in [6.07, 6.45) is 1.94. The van der Waals surface area contributed by atoms with Gasteiger partial charge in [-0.25, -0.2) is 8.42 Å². The molecule has 0 atom stereocenters. The summed E-state index contributed by atoms with van der Waals surface area (Å²) in [5.41, 5.74) is 6.19. The van der Waals surface area contributed by atoms with Crippen molar-refractivity contribution in [1.29, 1.82) is 0 Å². The third-order valence-corrected chi connectivity index (χ3v) is 5.45. The highest BCUT2D eigenvalue weighted by atomic mass is 32.2. The van der Waals surface area contributed by atoms with Crippen LogP contribution in [0.3, 0.4) is 0 Å². The maximum atomic E-state index is 12.5. The van der Waals surface area contributed by atoms with E-state index in [1.54, 1.807) is 32.7 Å². The molecule has 7 heteroatoms. The Kier molecular flexibility index (Phi) is 5.27. The van der Waals surface area contributed by atoms with Crippen LogP contribution >= 0.6 is 11.8 Å². The highest BCUT2D eigenvalue weighted by Crippen LogP contribution is 2.28. The van der Waals surface area contributed by atoms with Gasteiger partial charge in [-0.15, -0.1) is 0 Å². The molecule has 0 fully saturated rings. The van der Waals surface area contributed by atoms with Crippen LogP contribution in [0.4, 0.5) is 0 Å². The second-order valence-electron chi connectivity index (χ2n) is 4.05. The maximum absolute atomic E-state index is 12.5. The van der Waals surface area contributed by atoms with Gasteiger partial charge in [-0.05, 0) is 20.1 Å². The predicted molar refractivity (Wildman–Crippen MR) is 74.3 cm³/mol. The van der Waals surface area contributed by atoms with E-state index in [0.717, 1.165) is 5.75 Å². The number of hydrogen-bond donors (Lipinski definition) is 1. The highest BCUT2D eigenvalue weighted by molar-refractivity contribution is 7.98. The van der Waals surface area contributed by atoms with Crippen molar-refractivity contribution in [3.8, 4) is 0 Å². The Morgan fingerprint density at radius 3 is 2.44 bits per heavy atom. The Morgan fingerprint density at radius 1 is 1.33 bits per heavy atom. The zero-order chi connectivity index (χ0) is 13.9. The smallest absolute Gasteiger partial charge is 0.246 e. The number of rotatable bonds is 6.